The number of aryl methyl sites for hydroxylation is 1. The first-order valence-corrected chi connectivity index (χ1v) is 14.1. The summed E-state index contributed by atoms with van der Waals surface area (Å²) in [5, 5.41) is 0. The van der Waals surface area contributed by atoms with Gasteiger partial charge in [-0.15, -0.1) is 0 Å². The molecule has 0 radical (unpaired) electrons. The van der Waals surface area contributed by atoms with Crippen molar-refractivity contribution in [2.75, 3.05) is 26.4 Å². The summed E-state index contributed by atoms with van der Waals surface area (Å²) in [6, 6.07) is 19.8. The Morgan fingerprint density at radius 2 is 1.71 bits per heavy atom. The zero-order valence-corrected chi connectivity index (χ0v) is 22.5. The van der Waals surface area contributed by atoms with Crippen LogP contribution in [0.2, 0.25) is 0 Å². The van der Waals surface area contributed by atoms with Gasteiger partial charge in [-0.25, -0.2) is 4.98 Å². The molecule has 1 fully saturated rings. The van der Waals surface area contributed by atoms with Crippen LogP contribution in [0.15, 0.2) is 65.2 Å². The third-order valence-electron chi connectivity index (χ3n) is 7.14. The van der Waals surface area contributed by atoms with Gasteiger partial charge in [0, 0.05) is 12.2 Å². The minimum absolute atomic E-state index is 0. The molecule has 0 amide bonds. The molecule has 0 spiro atoms. The Labute approximate surface area is 216 Å². The molecular formula is C30H43N2O2S+. The second kappa shape index (κ2) is 13.3. The van der Waals surface area contributed by atoms with Gasteiger partial charge in [-0.2, -0.15) is 11.8 Å². The Morgan fingerprint density at radius 1 is 1.00 bits per heavy atom. The van der Waals surface area contributed by atoms with Crippen LogP contribution in [0.4, 0.5) is 0 Å². The van der Waals surface area contributed by atoms with Crippen molar-refractivity contribution in [2.24, 2.45) is 5.92 Å². The molecule has 4 nitrogen and oxygen atoms in total. The molecule has 0 aliphatic heterocycles. The molecule has 4 rings (SSSR count). The number of nitrogens with zero attached hydrogens (tertiary/aromatic N) is 2. The fourth-order valence-electron chi connectivity index (χ4n) is 5.25. The van der Waals surface area contributed by atoms with Gasteiger partial charge < -0.3 is 14.4 Å². The lowest BCUT2D eigenvalue weighted by Gasteiger charge is -2.29. The lowest BCUT2D eigenvalue weighted by Crippen LogP contribution is -2.39. The van der Waals surface area contributed by atoms with Crippen molar-refractivity contribution in [3.8, 4) is 0 Å². The molecule has 1 aliphatic carbocycles. The quantitative estimate of drug-likeness (QED) is 0.218. The number of aromatic nitrogens is 1. The minimum Gasteiger partial charge on any atom is -0.439 e. The van der Waals surface area contributed by atoms with Gasteiger partial charge in [0.15, 0.2) is 5.76 Å². The van der Waals surface area contributed by atoms with E-state index in [-0.39, 0.29) is 11.4 Å². The number of rotatable bonds is 11. The largest absolute Gasteiger partial charge is 0.439 e. The molecule has 35 heavy (non-hydrogen) atoms. The van der Waals surface area contributed by atoms with Crippen molar-refractivity contribution in [2.45, 2.75) is 63.7 Å². The van der Waals surface area contributed by atoms with Gasteiger partial charge in [-0.3, -0.25) is 0 Å². The van der Waals surface area contributed by atoms with E-state index in [1.54, 1.807) is 0 Å². The molecule has 5 heteroatoms. The first-order valence-electron chi connectivity index (χ1n) is 12.9. The zero-order valence-electron chi connectivity index (χ0n) is 21.7. The average Bonchev–Trinajstić information content (AvgIpc) is 3.28. The minimum atomic E-state index is 0. The predicted octanol–water partition coefficient (Wildman–Crippen LogP) is 6.77. The Balaban J connectivity index is 0.00000342. The molecule has 2 aromatic carbocycles. The van der Waals surface area contributed by atoms with E-state index in [2.05, 4.69) is 75.6 Å². The zero-order chi connectivity index (χ0) is 23.8. The first kappa shape index (κ1) is 27.5. The number of hydrogen-bond donors (Lipinski definition) is 0. The SMILES string of the molecule is Cc1ccc(CSCCC[N+](C)(C)Cc2cnc(C(c3ccccc3)C3CCCCC3)o2)cc1.O. The second-order valence-corrected chi connectivity index (χ2v) is 11.8. The Bertz CT molecular complexity index is 995. The lowest BCUT2D eigenvalue weighted by atomic mass is 9.77. The molecular weight excluding hydrogens is 452 g/mol. The molecule has 1 saturated carbocycles. The van der Waals surface area contributed by atoms with Gasteiger partial charge in [0.1, 0.15) is 6.54 Å². The van der Waals surface area contributed by atoms with Crippen molar-refractivity contribution in [1.82, 2.24) is 4.98 Å². The van der Waals surface area contributed by atoms with Crippen LogP contribution in [0.5, 0.6) is 0 Å². The smallest absolute Gasteiger partial charge is 0.202 e. The van der Waals surface area contributed by atoms with Gasteiger partial charge in [0.25, 0.3) is 0 Å². The summed E-state index contributed by atoms with van der Waals surface area (Å²) >= 11 is 2.03. The lowest BCUT2D eigenvalue weighted by molar-refractivity contribution is -0.904. The summed E-state index contributed by atoms with van der Waals surface area (Å²) in [6.45, 7) is 4.18. The highest BCUT2D eigenvalue weighted by molar-refractivity contribution is 7.98. The van der Waals surface area contributed by atoms with Gasteiger partial charge >= 0.3 is 0 Å². The molecule has 190 valence electrons. The maximum absolute atomic E-state index is 6.45. The molecule has 1 heterocycles. The van der Waals surface area contributed by atoms with Crippen LogP contribution in [0.25, 0.3) is 0 Å². The van der Waals surface area contributed by atoms with Crippen molar-refractivity contribution in [3.05, 3.63) is 89.1 Å². The van der Waals surface area contributed by atoms with E-state index < -0.39 is 0 Å². The normalized spacial score (nSPS) is 15.5. The summed E-state index contributed by atoms with van der Waals surface area (Å²) in [6.07, 6.45) is 9.77. The van der Waals surface area contributed by atoms with E-state index in [9.17, 15) is 0 Å². The van der Waals surface area contributed by atoms with E-state index in [1.165, 1.54) is 61.0 Å². The highest BCUT2D eigenvalue weighted by atomic mass is 32.2. The van der Waals surface area contributed by atoms with Crippen molar-refractivity contribution < 1.29 is 14.4 Å². The maximum Gasteiger partial charge on any atom is 0.202 e. The summed E-state index contributed by atoms with van der Waals surface area (Å²) in [4.78, 5) is 4.82. The second-order valence-electron chi connectivity index (χ2n) is 10.7. The molecule has 2 N–H and O–H groups in total. The molecule has 0 saturated heterocycles. The summed E-state index contributed by atoms with van der Waals surface area (Å²) in [5.41, 5.74) is 4.10. The highest BCUT2D eigenvalue weighted by Gasteiger charge is 2.31. The summed E-state index contributed by atoms with van der Waals surface area (Å²) < 4.78 is 7.38. The topological polar surface area (TPSA) is 57.5 Å². The predicted molar refractivity (Wildman–Crippen MR) is 148 cm³/mol. The molecule has 0 bridgehead atoms. The summed E-state index contributed by atoms with van der Waals surface area (Å²) in [5.74, 6) is 5.14. The van der Waals surface area contributed by atoms with Crippen LogP contribution in [0, 0.1) is 12.8 Å². The number of oxazole rings is 1. The van der Waals surface area contributed by atoms with Gasteiger partial charge in [0.05, 0.1) is 32.8 Å². The monoisotopic (exact) mass is 495 g/mol. The van der Waals surface area contributed by atoms with E-state index in [4.69, 9.17) is 9.40 Å². The van der Waals surface area contributed by atoms with Crippen LogP contribution >= 0.6 is 11.8 Å². The molecule has 1 aliphatic rings. The fourth-order valence-corrected chi connectivity index (χ4v) is 6.16. The van der Waals surface area contributed by atoms with E-state index in [1.807, 2.05) is 18.0 Å². The van der Waals surface area contributed by atoms with E-state index in [0.717, 1.165) is 35.0 Å². The third kappa shape index (κ3) is 8.23. The van der Waals surface area contributed by atoms with Gasteiger partial charge in [-0.1, -0.05) is 79.4 Å². The Hall–Kier alpha value is -2.08. The number of thioether (sulfide) groups is 1. The van der Waals surface area contributed by atoms with Crippen molar-refractivity contribution >= 4 is 11.8 Å². The molecule has 1 aromatic heterocycles. The fraction of sp³-hybridized carbons (Fsp3) is 0.500. The van der Waals surface area contributed by atoms with Crippen LogP contribution in [0.3, 0.4) is 0 Å². The number of hydrogen-bond acceptors (Lipinski definition) is 3. The summed E-state index contributed by atoms with van der Waals surface area (Å²) in [7, 11) is 4.62. The van der Waals surface area contributed by atoms with Crippen LogP contribution in [-0.2, 0) is 12.3 Å². The van der Waals surface area contributed by atoms with Crippen LogP contribution in [0.1, 0.15) is 72.8 Å². The van der Waals surface area contributed by atoms with E-state index in [0.29, 0.717) is 5.92 Å². The third-order valence-corrected chi connectivity index (χ3v) is 8.26. The van der Waals surface area contributed by atoms with Gasteiger partial charge in [0.2, 0.25) is 5.89 Å². The molecule has 3 aromatic rings. The van der Waals surface area contributed by atoms with Gasteiger partial charge in [-0.05, 0) is 42.6 Å². The molecule has 1 unspecified atom stereocenters. The van der Waals surface area contributed by atoms with Crippen molar-refractivity contribution in [1.29, 1.82) is 0 Å². The molecule has 1 atom stereocenters. The standard InChI is InChI=1S/C30H41N2OS.H2O/c1-24-15-17-25(18-16-24)23-34-20-10-19-32(2,3)22-28-21-31-30(33-28)29(26-11-6-4-7-12-26)27-13-8-5-9-14-27;/h4,6-7,11-12,15-18,21,27,29H,5,8-10,13-14,19-20,22-23H2,1-3H3;1H2/q+1;. The first-order chi connectivity index (χ1) is 16.5. The van der Waals surface area contributed by atoms with E-state index >= 15 is 0 Å². The highest BCUT2D eigenvalue weighted by Crippen LogP contribution is 2.40. The van der Waals surface area contributed by atoms with Crippen molar-refractivity contribution in [3.63, 3.8) is 0 Å². The number of benzene rings is 2. The number of quaternary nitrogens is 1. The van der Waals surface area contributed by atoms with Crippen LogP contribution in [-0.4, -0.2) is 41.3 Å². The average molecular weight is 496 g/mol. The Kier molecular flexibility index (Phi) is 10.4. The Morgan fingerprint density at radius 3 is 2.43 bits per heavy atom. The maximum atomic E-state index is 6.45. The van der Waals surface area contributed by atoms with Crippen LogP contribution < -0.4 is 0 Å².